The van der Waals surface area contributed by atoms with E-state index in [2.05, 4.69) is 29.5 Å². The maximum Gasteiger partial charge on any atom is 0.00884 e. The van der Waals surface area contributed by atoms with Crippen LogP contribution < -0.4 is 10.6 Å². The molecule has 22 heavy (non-hydrogen) atoms. The number of rotatable bonds is 12. The normalized spacial score (nSPS) is 16.4. The minimum absolute atomic E-state index is 0.771. The Bertz CT molecular complexity index is 201. The van der Waals surface area contributed by atoms with Gasteiger partial charge in [0.2, 0.25) is 0 Å². The van der Waals surface area contributed by atoms with E-state index in [9.17, 15) is 0 Å². The Labute approximate surface area is 140 Å². The summed E-state index contributed by atoms with van der Waals surface area (Å²) in [5.74, 6) is 0. The van der Waals surface area contributed by atoms with E-state index in [4.69, 9.17) is 0 Å². The van der Waals surface area contributed by atoms with Crippen LogP contribution in [0.25, 0.3) is 0 Å². The Balaban J connectivity index is 0.00000211. The molecular formula is C19H43N3. The Hall–Kier alpha value is -0.120. The van der Waals surface area contributed by atoms with Gasteiger partial charge in [0.05, 0.1) is 0 Å². The summed E-state index contributed by atoms with van der Waals surface area (Å²) in [7, 11) is 2.10. The van der Waals surface area contributed by atoms with Gasteiger partial charge < -0.3 is 15.5 Å². The molecule has 0 aromatic rings. The molecule has 0 spiro atoms. The second kappa shape index (κ2) is 17.2. The van der Waals surface area contributed by atoms with Crippen molar-refractivity contribution in [2.24, 2.45) is 0 Å². The number of hydrogen-bond donors (Lipinski definition) is 2. The molecule has 0 bridgehead atoms. The van der Waals surface area contributed by atoms with E-state index in [0.29, 0.717) is 0 Å². The first-order valence-electron chi connectivity index (χ1n) is 9.97. The Morgan fingerprint density at radius 2 is 1.45 bits per heavy atom. The van der Waals surface area contributed by atoms with Gasteiger partial charge in [-0.3, -0.25) is 0 Å². The molecule has 0 aromatic heterocycles. The van der Waals surface area contributed by atoms with Crippen molar-refractivity contribution >= 4 is 0 Å². The molecule has 3 nitrogen and oxygen atoms in total. The minimum atomic E-state index is 0.771. The molecule has 1 fully saturated rings. The molecule has 3 heteroatoms. The Morgan fingerprint density at radius 1 is 0.864 bits per heavy atom. The maximum absolute atomic E-state index is 3.48. The van der Waals surface area contributed by atoms with Crippen molar-refractivity contribution < 1.29 is 0 Å². The van der Waals surface area contributed by atoms with Crippen molar-refractivity contribution in [3.63, 3.8) is 0 Å². The van der Waals surface area contributed by atoms with Gasteiger partial charge in [0, 0.05) is 6.04 Å². The van der Waals surface area contributed by atoms with Crippen LogP contribution in [0.4, 0.5) is 0 Å². The molecule has 1 aliphatic heterocycles. The molecule has 1 rings (SSSR count). The first-order valence-corrected chi connectivity index (χ1v) is 9.97. The highest BCUT2D eigenvalue weighted by atomic mass is 15.1. The lowest BCUT2D eigenvalue weighted by Crippen LogP contribution is -2.41. The van der Waals surface area contributed by atoms with Crippen LogP contribution in [0.1, 0.15) is 78.6 Å². The highest BCUT2D eigenvalue weighted by molar-refractivity contribution is 4.75. The number of unbranched alkanes of at least 4 members (excludes halogenated alkanes) is 5. The molecule has 0 aromatic carbocycles. The highest BCUT2D eigenvalue weighted by Crippen LogP contribution is 2.12. The van der Waals surface area contributed by atoms with Crippen LogP contribution in [-0.2, 0) is 0 Å². The van der Waals surface area contributed by atoms with Gasteiger partial charge in [0.25, 0.3) is 0 Å². The number of piperidine rings is 1. The summed E-state index contributed by atoms with van der Waals surface area (Å²) >= 11 is 0. The summed E-state index contributed by atoms with van der Waals surface area (Å²) in [5.41, 5.74) is 0. The van der Waals surface area contributed by atoms with Crippen molar-refractivity contribution in [3.8, 4) is 0 Å². The van der Waals surface area contributed by atoms with Gasteiger partial charge in [-0.15, -0.1) is 0 Å². The molecular weight excluding hydrogens is 270 g/mol. The molecule has 0 aliphatic carbocycles. The largest absolute Gasteiger partial charge is 0.317 e. The highest BCUT2D eigenvalue weighted by Gasteiger charge is 2.16. The predicted molar refractivity (Wildman–Crippen MR) is 101 cm³/mol. The zero-order valence-electron chi connectivity index (χ0n) is 15.9. The molecule has 134 valence electrons. The van der Waals surface area contributed by atoms with Crippen molar-refractivity contribution in [2.75, 3.05) is 39.8 Å². The lowest BCUT2D eigenvalue weighted by molar-refractivity contribution is 0.198. The van der Waals surface area contributed by atoms with Gasteiger partial charge in [-0.1, -0.05) is 46.5 Å². The lowest BCUT2D eigenvalue weighted by Gasteiger charge is -2.31. The summed E-state index contributed by atoms with van der Waals surface area (Å²) in [6.45, 7) is 12.6. The van der Waals surface area contributed by atoms with Gasteiger partial charge >= 0.3 is 0 Å². The molecule has 0 saturated carbocycles. The summed E-state index contributed by atoms with van der Waals surface area (Å²) in [4.78, 5) is 2.66. The smallest absolute Gasteiger partial charge is 0.00884 e. The summed E-state index contributed by atoms with van der Waals surface area (Å²) in [6.07, 6.45) is 12.4. The Kier molecular flexibility index (Phi) is 17.1. The molecule has 0 radical (unpaired) electrons. The van der Waals surface area contributed by atoms with Crippen LogP contribution in [0.2, 0.25) is 0 Å². The van der Waals surface area contributed by atoms with Crippen molar-refractivity contribution in [1.82, 2.24) is 15.5 Å². The topological polar surface area (TPSA) is 27.3 Å². The maximum atomic E-state index is 3.48. The standard InChI is InChI=1S/C17H37N3.C2H6/c1-3-12-19-13-8-6-4-5-7-9-14-20-15-10-17(18-2)11-16-20;1-2/h17-19H,3-16H2,1-2H3;1-2H3. The van der Waals surface area contributed by atoms with Crippen LogP contribution in [0.5, 0.6) is 0 Å². The molecule has 0 amide bonds. The zero-order valence-corrected chi connectivity index (χ0v) is 15.9. The third-order valence-electron chi connectivity index (χ3n) is 4.50. The van der Waals surface area contributed by atoms with Crippen LogP contribution in [0, 0.1) is 0 Å². The predicted octanol–water partition coefficient (Wildman–Crippen LogP) is 4.04. The molecule has 0 atom stereocenters. The minimum Gasteiger partial charge on any atom is -0.317 e. The number of likely N-dealkylation sites (tertiary alicyclic amines) is 1. The summed E-state index contributed by atoms with van der Waals surface area (Å²) < 4.78 is 0. The monoisotopic (exact) mass is 313 g/mol. The number of hydrogen-bond acceptors (Lipinski definition) is 3. The first kappa shape index (κ1) is 21.9. The lowest BCUT2D eigenvalue weighted by atomic mass is 10.0. The Morgan fingerprint density at radius 3 is 2.05 bits per heavy atom. The fraction of sp³-hybridized carbons (Fsp3) is 1.00. The van der Waals surface area contributed by atoms with Crippen LogP contribution in [0.15, 0.2) is 0 Å². The average molecular weight is 314 g/mol. The van der Waals surface area contributed by atoms with E-state index >= 15 is 0 Å². The van der Waals surface area contributed by atoms with E-state index in [1.54, 1.807) is 0 Å². The van der Waals surface area contributed by atoms with Crippen LogP contribution >= 0.6 is 0 Å². The van der Waals surface area contributed by atoms with Gasteiger partial charge in [-0.2, -0.15) is 0 Å². The second-order valence-electron chi connectivity index (χ2n) is 6.28. The average Bonchev–Trinajstić information content (AvgIpc) is 2.59. The second-order valence-corrected chi connectivity index (χ2v) is 6.28. The van der Waals surface area contributed by atoms with E-state index in [1.165, 1.54) is 90.5 Å². The quantitative estimate of drug-likeness (QED) is 0.533. The van der Waals surface area contributed by atoms with E-state index < -0.39 is 0 Å². The fourth-order valence-electron chi connectivity index (χ4n) is 3.04. The third-order valence-corrected chi connectivity index (χ3v) is 4.50. The van der Waals surface area contributed by atoms with Crippen molar-refractivity contribution in [1.29, 1.82) is 0 Å². The number of nitrogens with zero attached hydrogens (tertiary/aromatic N) is 1. The zero-order chi connectivity index (χ0) is 16.5. The third kappa shape index (κ3) is 12.4. The van der Waals surface area contributed by atoms with E-state index in [1.807, 2.05) is 13.8 Å². The van der Waals surface area contributed by atoms with Crippen molar-refractivity contribution in [2.45, 2.75) is 84.6 Å². The summed E-state index contributed by atoms with van der Waals surface area (Å²) in [5, 5.41) is 6.88. The van der Waals surface area contributed by atoms with Gasteiger partial charge in [-0.25, -0.2) is 0 Å². The van der Waals surface area contributed by atoms with Gasteiger partial charge in [0.15, 0.2) is 0 Å². The van der Waals surface area contributed by atoms with Gasteiger partial charge in [0.1, 0.15) is 0 Å². The van der Waals surface area contributed by atoms with Crippen LogP contribution in [0.3, 0.4) is 0 Å². The number of nitrogens with one attached hydrogen (secondary N) is 2. The van der Waals surface area contributed by atoms with Crippen LogP contribution in [-0.4, -0.2) is 50.7 Å². The SMILES string of the molecule is CC.CCCNCCCCCCCCN1CCC(NC)CC1. The van der Waals surface area contributed by atoms with Gasteiger partial charge in [-0.05, 0) is 71.9 Å². The van der Waals surface area contributed by atoms with E-state index in [-0.39, 0.29) is 0 Å². The molecule has 1 saturated heterocycles. The van der Waals surface area contributed by atoms with Crippen molar-refractivity contribution in [3.05, 3.63) is 0 Å². The van der Waals surface area contributed by atoms with E-state index in [0.717, 1.165) is 6.04 Å². The molecule has 0 unspecified atom stereocenters. The fourth-order valence-corrected chi connectivity index (χ4v) is 3.04. The first-order chi connectivity index (χ1) is 10.9. The summed E-state index contributed by atoms with van der Waals surface area (Å²) in [6, 6.07) is 0.771. The molecule has 1 aliphatic rings. The molecule has 2 N–H and O–H groups in total. The molecule has 1 heterocycles.